The summed E-state index contributed by atoms with van der Waals surface area (Å²) in [7, 11) is 0. The van der Waals surface area contributed by atoms with E-state index in [-0.39, 0.29) is 0 Å². The number of para-hydroxylation sites is 2. The van der Waals surface area contributed by atoms with Gasteiger partial charge in [-0.2, -0.15) is 0 Å². The van der Waals surface area contributed by atoms with Crippen molar-refractivity contribution in [2.75, 3.05) is 5.32 Å². The fourth-order valence-electron chi connectivity index (χ4n) is 2.23. The van der Waals surface area contributed by atoms with E-state index in [1.807, 2.05) is 60.8 Å². The van der Waals surface area contributed by atoms with Gasteiger partial charge in [0.2, 0.25) is 0 Å². The molecular formula is C18H16ClN3. The molecule has 110 valence electrons. The standard InChI is InChI=1S/C9H9ClN2.C9H7N/c10-9(11)6-5-7-3-1-2-4-8(7)12-9;1-2-6-9-8(4-1)5-3-7-10-9/h1-6,12H,11H2;1-7H. The molecular weight excluding hydrogens is 294 g/mol. The van der Waals surface area contributed by atoms with E-state index in [1.165, 1.54) is 5.39 Å². The van der Waals surface area contributed by atoms with Crippen LogP contribution in [0.2, 0.25) is 0 Å². The minimum atomic E-state index is -0.936. The van der Waals surface area contributed by atoms with Gasteiger partial charge in [-0.25, -0.2) is 0 Å². The number of pyridine rings is 1. The first-order chi connectivity index (χ1) is 10.6. The highest BCUT2D eigenvalue weighted by atomic mass is 35.5. The number of anilines is 1. The van der Waals surface area contributed by atoms with Crippen LogP contribution in [0.5, 0.6) is 0 Å². The molecule has 3 nitrogen and oxygen atoms in total. The Labute approximate surface area is 134 Å². The van der Waals surface area contributed by atoms with Gasteiger partial charge in [0.05, 0.1) is 5.52 Å². The smallest absolute Gasteiger partial charge is 0.183 e. The van der Waals surface area contributed by atoms with Gasteiger partial charge in [-0.15, -0.1) is 0 Å². The number of aromatic nitrogens is 1. The lowest BCUT2D eigenvalue weighted by atomic mass is 10.1. The molecule has 2 heterocycles. The maximum Gasteiger partial charge on any atom is 0.183 e. The van der Waals surface area contributed by atoms with Crippen LogP contribution in [0, 0.1) is 0 Å². The summed E-state index contributed by atoms with van der Waals surface area (Å²) in [6.45, 7) is 0. The number of hydrogen-bond acceptors (Lipinski definition) is 3. The number of nitrogens with two attached hydrogens (primary N) is 1. The van der Waals surface area contributed by atoms with E-state index in [0.717, 1.165) is 16.8 Å². The Balaban J connectivity index is 0.000000133. The molecule has 0 amide bonds. The van der Waals surface area contributed by atoms with Crippen molar-refractivity contribution in [3.8, 4) is 0 Å². The zero-order chi connectivity index (χ0) is 15.4. The largest absolute Gasteiger partial charge is 0.351 e. The van der Waals surface area contributed by atoms with Gasteiger partial charge in [0.15, 0.2) is 5.12 Å². The molecule has 0 bridgehead atoms. The topological polar surface area (TPSA) is 50.9 Å². The molecule has 0 radical (unpaired) electrons. The first-order valence-electron chi connectivity index (χ1n) is 6.98. The molecule has 3 N–H and O–H groups in total. The lowest BCUT2D eigenvalue weighted by Crippen LogP contribution is -2.41. The van der Waals surface area contributed by atoms with Crippen molar-refractivity contribution in [1.29, 1.82) is 0 Å². The molecule has 0 spiro atoms. The highest BCUT2D eigenvalue weighted by molar-refractivity contribution is 6.26. The number of halogens is 1. The summed E-state index contributed by atoms with van der Waals surface area (Å²) < 4.78 is 0. The lowest BCUT2D eigenvalue weighted by Gasteiger charge is -2.25. The van der Waals surface area contributed by atoms with E-state index in [2.05, 4.69) is 22.4 Å². The first-order valence-corrected chi connectivity index (χ1v) is 7.36. The molecule has 0 fully saturated rings. The van der Waals surface area contributed by atoms with E-state index in [9.17, 15) is 0 Å². The van der Waals surface area contributed by atoms with Crippen molar-refractivity contribution in [1.82, 2.24) is 4.98 Å². The van der Waals surface area contributed by atoms with Crippen LogP contribution >= 0.6 is 11.6 Å². The Morgan fingerprint density at radius 3 is 2.55 bits per heavy atom. The number of hydrogen-bond donors (Lipinski definition) is 2. The fraction of sp³-hybridized carbons (Fsp3) is 0.0556. The molecule has 4 rings (SSSR count). The summed E-state index contributed by atoms with van der Waals surface area (Å²) in [5.74, 6) is 0. The van der Waals surface area contributed by atoms with Crippen molar-refractivity contribution < 1.29 is 0 Å². The average molecular weight is 310 g/mol. The quantitative estimate of drug-likeness (QED) is 0.483. The van der Waals surface area contributed by atoms with Crippen LogP contribution in [0.15, 0.2) is 72.9 Å². The van der Waals surface area contributed by atoms with Crippen LogP contribution in [0.1, 0.15) is 5.56 Å². The first kappa shape index (κ1) is 14.6. The van der Waals surface area contributed by atoms with Crippen LogP contribution in [0.3, 0.4) is 0 Å². The number of nitrogens with zero attached hydrogens (tertiary/aromatic N) is 1. The third-order valence-corrected chi connectivity index (χ3v) is 3.53. The van der Waals surface area contributed by atoms with Crippen LogP contribution in [0.25, 0.3) is 17.0 Å². The van der Waals surface area contributed by atoms with E-state index in [1.54, 1.807) is 6.08 Å². The van der Waals surface area contributed by atoms with Crippen LogP contribution in [0.4, 0.5) is 5.69 Å². The Hall–Kier alpha value is -2.36. The van der Waals surface area contributed by atoms with Gasteiger partial charge >= 0.3 is 0 Å². The van der Waals surface area contributed by atoms with Gasteiger partial charge in [-0.1, -0.05) is 60.1 Å². The predicted octanol–water partition coefficient (Wildman–Crippen LogP) is 4.21. The zero-order valence-electron chi connectivity index (χ0n) is 11.9. The average Bonchev–Trinajstić information content (AvgIpc) is 2.55. The molecule has 1 aliphatic heterocycles. The van der Waals surface area contributed by atoms with Gasteiger partial charge in [-0.3, -0.25) is 10.7 Å². The number of alkyl halides is 1. The van der Waals surface area contributed by atoms with E-state index in [0.29, 0.717) is 0 Å². The van der Waals surface area contributed by atoms with Crippen molar-refractivity contribution in [2.24, 2.45) is 5.73 Å². The molecule has 1 atom stereocenters. The SMILES string of the molecule is NC1(Cl)C=Cc2ccccc2N1.c1ccc2ncccc2c1. The molecule has 1 aliphatic rings. The van der Waals surface area contributed by atoms with Gasteiger partial charge in [0, 0.05) is 17.3 Å². The highest BCUT2D eigenvalue weighted by Gasteiger charge is 2.21. The van der Waals surface area contributed by atoms with Crippen LogP contribution in [-0.4, -0.2) is 10.1 Å². The lowest BCUT2D eigenvalue weighted by molar-refractivity contribution is 0.847. The summed E-state index contributed by atoms with van der Waals surface area (Å²) in [6.07, 6.45) is 5.46. The number of rotatable bonds is 0. The summed E-state index contributed by atoms with van der Waals surface area (Å²) in [5, 5.41) is 3.26. The second-order valence-electron chi connectivity index (χ2n) is 5.01. The third kappa shape index (κ3) is 3.45. The Morgan fingerprint density at radius 1 is 0.955 bits per heavy atom. The summed E-state index contributed by atoms with van der Waals surface area (Å²) >= 11 is 5.88. The molecule has 1 aromatic heterocycles. The maximum atomic E-state index is 5.88. The Bertz CT molecular complexity index is 747. The predicted molar refractivity (Wildman–Crippen MR) is 93.6 cm³/mol. The second-order valence-corrected chi connectivity index (χ2v) is 5.64. The van der Waals surface area contributed by atoms with Crippen LogP contribution < -0.4 is 11.1 Å². The molecule has 22 heavy (non-hydrogen) atoms. The van der Waals surface area contributed by atoms with Gasteiger partial charge < -0.3 is 5.32 Å². The minimum absolute atomic E-state index is 0.936. The molecule has 3 aromatic rings. The number of nitrogens with one attached hydrogen (secondary N) is 1. The Kier molecular flexibility index (Phi) is 4.09. The van der Waals surface area contributed by atoms with Crippen molar-refractivity contribution >= 4 is 34.3 Å². The number of fused-ring (bicyclic) bond motifs is 2. The number of benzene rings is 2. The molecule has 2 aromatic carbocycles. The van der Waals surface area contributed by atoms with Crippen molar-refractivity contribution in [3.63, 3.8) is 0 Å². The van der Waals surface area contributed by atoms with Gasteiger partial charge in [0.1, 0.15) is 0 Å². The van der Waals surface area contributed by atoms with Crippen LogP contribution in [-0.2, 0) is 0 Å². The molecule has 0 aliphatic carbocycles. The molecule has 1 unspecified atom stereocenters. The van der Waals surface area contributed by atoms with E-state index < -0.39 is 5.12 Å². The van der Waals surface area contributed by atoms with E-state index >= 15 is 0 Å². The Morgan fingerprint density at radius 2 is 1.68 bits per heavy atom. The minimum Gasteiger partial charge on any atom is -0.351 e. The van der Waals surface area contributed by atoms with Gasteiger partial charge in [0.25, 0.3) is 0 Å². The zero-order valence-corrected chi connectivity index (χ0v) is 12.7. The summed E-state index contributed by atoms with van der Waals surface area (Å²) in [6, 6.07) is 20.0. The monoisotopic (exact) mass is 309 g/mol. The highest BCUT2D eigenvalue weighted by Crippen LogP contribution is 2.27. The van der Waals surface area contributed by atoms with Crippen molar-refractivity contribution in [3.05, 3.63) is 78.5 Å². The summed E-state index contributed by atoms with van der Waals surface area (Å²) in [5.41, 5.74) is 8.80. The fourth-order valence-corrected chi connectivity index (χ4v) is 2.40. The second kappa shape index (κ2) is 6.18. The maximum absolute atomic E-state index is 5.88. The third-order valence-electron chi connectivity index (χ3n) is 3.30. The molecule has 4 heteroatoms. The summed E-state index contributed by atoms with van der Waals surface area (Å²) in [4.78, 5) is 4.18. The van der Waals surface area contributed by atoms with E-state index in [4.69, 9.17) is 17.3 Å². The van der Waals surface area contributed by atoms with Gasteiger partial charge in [-0.05, 0) is 29.8 Å². The molecule has 0 saturated heterocycles. The normalized spacial score (nSPS) is 18.8. The van der Waals surface area contributed by atoms with Crippen molar-refractivity contribution in [2.45, 2.75) is 5.12 Å². The molecule has 0 saturated carbocycles.